The molecule has 2 heterocycles. The lowest BCUT2D eigenvalue weighted by molar-refractivity contribution is -0.141. The highest BCUT2D eigenvalue weighted by molar-refractivity contribution is 6.04. The third kappa shape index (κ3) is 11.8. The second-order valence-corrected chi connectivity index (χ2v) is 12.6. The summed E-state index contributed by atoms with van der Waals surface area (Å²) in [7, 11) is 0. The van der Waals surface area contributed by atoms with Crippen molar-refractivity contribution in [2.75, 3.05) is 39.4 Å². The highest BCUT2D eigenvalue weighted by atomic mass is 16.5. The van der Waals surface area contributed by atoms with Crippen LogP contribution in [0.25, 0.3) is 0 Å². The van der Waals surface area contributed by atoms with Gasteiger partial charge < -0.3 is 20.1 Å². The van der Waals surface area contributed by atoms with Crippen molar-refractivity contribution < 1.29 is 38.2 Å². The number of ether oxygens (including phenoxy) is 2. The van der Waals surface area contributed by atoms with Crippen LogP contribution >= 0.6 is 0 Å². The van der Waals surface area contributed by atoms with Gasteiger partial charge in [0.05, 0.1) is 17.8 Å². The Morgan fingerprint density at radius 3 is 1.60 bits per heavy atom. The number of nitrogens with one attached hydrogen (secondary N) is 2. The molecule has 2 atom stereocenters. The van der Waals surface area contributed by atoms with E-state index in [1.807, 2.05) is 27.7 Å². The molecule has 12 nitrogen and oxygen atoms in total. The van der Waals surface area contributed by atoms with Gasteiger partial charge in [0.15, 0.2) is 0 Å². The number of nitrogens with zero attached hydrogens (tertiary/aromatic N) is 2. The standard InChI is InChI=1S/C30H50N4O8/c1-21-19-25(37)33(27(21)39)15-9-23(35)31-13-7-11-29(3,4)42-18-12-30(5,6)41-17-8-14-32-24(36)10-16-34-26(38)20-22(2)28(34)40/h21-22H,7-20H2,1-6H3,(H,31,35)(H,32,36). The molecular weight excluding hydrogens is 544 g/mol. The summed E-state index contributed by atoms with van der Waals surface area (Å²) in [5, 5.41) is 5.65. The Bertz CT molecular complexity index is 996. The maximum atomic E-state index is 12.1. The van der Waals surface area contributed by atoms with Gasteiger partial charge in [-0.3, -0.25) is 38.6 Å². The molecule has 0 aromatic heterocycles. The van der Waals surface area contributed by atoms with E-state index in [4.69, 9.17) is 9.47 Å². The van der Waals surface area contributed by atoms with Crippen LogP contribution in [0.1, 0.15) is 92.9 Å². The number of hydrogen-bond acceptors (Lipinski definition) is 8. The quantitative estimate of drug-likeness (QED) is 0.170. The number of likely N-dealkylation sites (tertiary alicyclic amines) is 2. The average molecular weight is 595 g/mol. The molecule has 0 spiro atoms. The van der Waals surface area contributed by atoms with Gasteiger partial charge in [-0.25, -0.2) is 0 Å². The molecule has 2 aliphatic heterocycles. The van der Waals surface area contributed by atoms with E-state index in [2.05, 4.69) is 10.6 Å². The molecule has 0 radical (unpaired) electrons. The van der Waals surface area contributed by atoms with Gasteiger partial charge in [-0.2, -0.15) is 0 Å². The zero-order chi connectivity index (χ0) is 31.5. The monoisotopic (exact) mass is 594 g/mol. The first-order valence-corrected chi connectivity index (χ1v) is 15.1. The molecule has 2 unspecified atom stereocenters. The van der Waals surface area contributed by atoms with Crippen molar-refractivity contribution in [2.45, 2.75) is 104 Å². The number of imide groups is 2. The van der Waals surface area contributed by atoms with Crippen molar-refractivity contribution in [1.29, 1.82) is 0 Å². The summed E-state index contributed by atoms with van der Waals surface area (Å²) in [4.78, 5) is 74.0. The number of carbonyl (C=O) groups is 6. The van der Waals surface area contributed by atoms with E-state index in [1.165, 1.54) is 9.80 Å². The van der Waals surface area contributed by atoms with Crippen LogP contribution in [0.4, 0.5) is 0 Å². The minimum atomic E-state index is -0.406. The lowest BCUT2D eigenvalue weighted by Gasteiger charge is -2.30. The third-order valence-corrected chi connectivity index (χ3v) is 7.67. The van der Waals surface area contributed by atoms with Crippen molar-refractivity contribution >= 4 is 35.4 Å². The van der Waals surface area contributed by atoms with Crippen LogP contribution < -0.4 is 10.6 Å². The summed E-state index contributed by atoms with van der Waals surface area (Å²) in [5.41, 5.74) is -0.783. The van der Waals surface area contributed by atoms with E-state index < -0.39 is 5.60 Å². The molecule has 6 amide bonds. The Balaban J connectivity index is 1.50. The van der Waals surface area contributed by atoms with Gasteiger partial charge in [0.1, 0.15) is 0 Å². The largest absolute Gasteiger partial charge is 0.375 e. The lowest BCUT2D eigenvalue weighted by atomic mass is 10.0. The van der Waals surface area contributed by atoms with Gasteiger partial charge >= 0.3 is 0 Å². The van der Waals surface area contributed by atoms with Gasteiger partial charge in [-0.1, -0.05) is 13.8 Å². The summed E-state index contributed by atoms with van der Waals surface area (Å²) in [6.07, 6.45) is 3.42. The normalized spacial score (nSPS) is 19.7. The Morgan fingerprint density at radius 1 is 0.714 bits per heavy atom. The number of amides is 6. The fraction of sp³-hybridized carbons (Fsp3) is 0.800. The predicted octanol–water partition coefficient (Wildman–Crippen LogP) is 1.94. The topological polar surface area (TPSA) is 151 Å². The van der Waals surface area contributed by atoms with Crippen LogP contribution in [0.2, 0.25) is 0 Å². The molecule has 2 fully saturated rings. The molecule has 238 valence electrons. The van der Waals surface area contributed by atoms with Crippen molar-refractivity contribution in [3.63, 3.8) is 0 Å². The first kappa shape index (κ1) is 35.3. The van der Waals surface area contributed by atoms with E-state index in [0.29, 0.717) is 39.1 Å². The highest BCUT2D eigenvalue weighted by Crippen LogP contribution is 2.22. The fourth-order valence-electron chi connectivity index (χ4n) is 4.88. The van der Waals surface area contributed by atoms with Crippen molar-refractivity contribution in [2.24, 2.45) is 11.8 Å². The van der Waals surface area contributed by atoms with Crippen molar-refractivity contribution in [1.82, 2.24) is 20.4 Å². The predicted molar refractivity (Wildman–Crippen MR) is 155 cm³/mol. The van der Waals surface area contributed by atoms with Crippen LogP contribution in [-0.4, -0.2) is 95.8 Å². The molecule has 12 heteroatoms. The summed E-state index contributed by atoms with van der Waals surface area (Å²) in [5.74, 6) is -1.83. The third-order valence-electron chi connectivity index (χ3n) is 7.67. The molecule has 0 bridgehead atoms. The number of hydrogen-bond donors (Lipinski definition) is 2. The Morgan fingerprint density at radius 2 is 1.14 bits per heavy atom. The summed E-state index contributed by atoms with van der Waals surface area (Å²) < 4.78 is 12.1. The van der Waals surface area contributed by atoms with Crippen LogP contribution in [0.3, 0.4) is 0 Å². The minimum absolute atomic E-state index is 0.0957. The summed E-state index contributed by atoms with van der Waals surface area (Å²) >= 11 is 0. The molecular formula is C30H50N4O8. The second-order valence-electron chi connectivity index (χ2n) is 12.6. The van der Waals surface area contributed by atoms with Gasteiger partial charge in [-0.15, -0.1) is 0 Å². The zero-order valence-electron chi connectivity index (χ0n) is 26.2. The molecule has 2 saturated heterocycles. The van der Waals surface area contributed by atoms with Gasteiger partial charge in [0, 0.05) is 70.3 Å². The Kier molecular flexibility index (Phi) is 13.6. The SMILES string of the molecule is CC1CC(=O)N(CCC(=O)NCCCOC(C)(C)CCOC(C)(C)CCCNC(=O)CCN2C(=O)CC(C)C2=O)C1=O. The van der Waals surface area contributed by atoms with E-state index in [-0.39, 0.29) is 91.7 Å². The molecule has 2 rings (SSSR count). The number of rotatable bonds is 19. The number of carbonyl (C=O) groups excluding carboxylic acids is 6. The Labute approximate surface area is 249 Å². The highest BCUT2D eigenvalue weighted by Gasteiger charge is 2.36. The molecule has 0 aromatic rings. The van der Waals surface area contributed by atoms with Crippen LogP contribution in [0.15, 0.2) is 0 Å². The first-order chi connectivity index (χ1) is 19.6. The fourth-order valence-corrected chi connectivity index (χ4v) is 4.88. The van der Waals surface area contributed by atoms with Gasteiger partial charge in [-0.05, 0) is 53.4 Å². The van der Waals surface area contributed by atoms with Crippen LogP contribution in [0, 0.1) is 11.8 Å². The molecule has 0 aromatic carbocycles. The molecule has 42 heavy (non-hydrogen) atoms. The molecule has 0 aliphatic carbocycles. The van der Waals surface area contributed by atoms with Crippen LogP contribution in [0.5, 0.6) is 0 Å². The average Bonchev–Trinajstić information content (AvgIpc) is 3.29. The van der Waals surface area contributed by atoms with Gasteiger partial charge in [0.2, 0.25) is 35.4 Å². The second kappa shape index (κ2) is 16.1. The van der Waals surface area contributed by atoms with Crippen molar-refractivity contribution in [3.05, 3.63) is 0 Å². The first-order valence-electron chi connectivity index (χ1n) is 15.1. The van der Waals surface area contributed by atoms with E-state index >= 15 is 0 Å². The minimum Gasteiger partial charge on any atom is -0.375 e. The van der Waals surface area contributed by atoms with E-state index in [0.717, 1.165) is 12.8 Å². The maximum absolute atomic E-state index is 12.1. The van der Waals surface area contributed by atoms with E-state index in [9.17, 15) is 28.8 Å². The summed E-state index contributed by atoms with van der Waals surface area (Å²) in [6, 6.07) is 0. The molecule has 0 saturated carbocycles. The van der Waals surface area contributed by atoms with Gasteiger partial charge in [0.25, 0.3) is 0 Å². The van der Waals surface area contributed by atoms with E-state index in [1.54, 1.807) is 13.8 Å². The molecule has 2 N–H and O–H groups in total. The zero-order valence-corrected chi connectivity index (χ0v) is 26.2. The maximum Gasteiger partial charge on any atom is 0.232 e. The molecule has 2 aliphatic rings. The summed E-state index contributed by atoms with van der Waals surface area (Å²) in [6.45, 7) is 13.6. The smallest absolute Gasteiger partial charge is 0.232 e. The Hall–Kier alpha value is -2.86. The van der Waals surface area contributed by atoms with Crippen molar-refractivity contribution in [3.8, 4) is 0 Å². The lowest BCUT2D eigenvalue weighted by Crippen LogP contribution is -2.36. The van der Waals surface area contributed by atoms with Crippen LogP contribution in [-0.2, 0) is 38.2 Å².